The normalized spacial score (nSPS) is 13.1. The van der Waals surface area contributed by atoms with E-state index in [1.165, 1.54) is 186 Å². The maximum Gasteiger partial charge on any atom is 0.472 e. The average molecular weight is 818 g/mol. The molecule has 1 amide bonds. The van der Waals surface area contributed by atoms with Crippen LogP contribution < -0.4 is 5.32 Å². The zero-order valence-corrected chi connectivity index (χ0v) is 37.8. The fourth-order valence-electron chi connectivity index (χ4n) is 7.15. The van der Waals surface area contributed by atoms with Gasteiger partial charge in [0.1, 0.15) is 12.7 Å². The molecule has 0 aliphatic heterocycles. The third-order valence-corrected chi connectivity index (χ3v) is 11.8. The van der Waals surface area contributed by atoms with Crippen LogP contribution in [0, 0.1) is 0 Å². The molecule has 0 bridgehead atoms. The highest BCUT2D eigenvalue weighted by atomic mass is 31.2. The molecule has 0 aliphatic carbocycles. The number of hydrogen-bond donors (Lipinski definition) is 3. The summed E-state index contributed by atoms with van der Waals surface area (Å²) in [5.41, 5.74) is 0. The lowest BCUT2D eigenvalue weighted by atomic mass is 10.0. The second kappa shape index (κ2) is 43.6. The number of amides is 1. The Morgan fingerprint density at radius 3 is 1.16 bits per heavy atom. The number of aliphatic hydroxyl groups is 1. The van der Waals surface area contributed by atoms with Crippen LogP contribution in [-0.2, 0) is 27.9 Å². The van der Waals surface area contributed by atoms with Crippen molar-refractivity contribution in [2.75, 3.05) is 26.4 Å². The van der Waals surface area contributed by atoms with E-state index < -0.39 is 26.5 Å². The predicted molar refractivity (Wildman–Crippen MR) is 234 cm³/mol. The van der Waals surface area contributed by atoms with Gasteiger partial charge in [-0.1, -0.05) is 226 Å². The first-order valence-electron chi connectivity index (χ1n) is 24.0. The molecule has 56 heavy (non-hydrogen) atoms. The lowest BCUT2D eigenvalue weighted by Gasteiger charge is -2.15. The molecule has 0 aromatic rings. The number of phosphoric acid groups is 1. The van der Waals surface area contributed by atoms with Crippen LogP contribution in [0.25, 0.3) is 0 Å². The fraction of sp³-hybridized carbons (Fsp3) is 0.957. The first-order chi connectivity index (χ1) is 27.3. The number of esters is 1. The van der Waals surface area contributed by atoms with Crippen LogP contribution in [0.1, 0.15) is 251 Å². The number of nitrogens with one attached hydrogen (secondary N) is 1. The summed E-state index contributed by atoms with van der Waals surface area (Å²) in [5, 5.41) is 12.7. The van der Waals surface area contributed by atoms with Crippen LogP contribution >= 0.6 is 7.82 Å². The molecule has 0 aromatic heterocycles. The molecule has 9 nitrogen and oxygen atoms in total. The molecule has 0 saturated carbocycles. The molecule has 0 heterocycles. The van der Waals surface area contributed by atoms with E-state index in [4.69, 9.17) is 13.8 Å². The van der Waals surface area contributed by atoms with Gasteiger partial charge in [0.25, 0.3) is 0 Å². The number of carbonyl (C=O) groups excluding carboxylic acids is 2. The minimum absolute atomic E-state index is 0.0881. The highest BCUT2D eigenvalue weighted by Gasteiger charge is 2.23. The Balaban J connectivity index is 3.50. The van der Waals surface area contributed by atoms with Crippen LogP contribution in [0.2, 0.25) is 0 Å². The molecule has 0 saturated heterocycles. The molecule has 0 aromatic carbocycles. The van der Waals surface area contributed by atoms with E-state index in [2.05, 4.69) is 19.2 Å². The van der Waals surface area contributed by atoms with E-state index in [1.807, 2.05) is 0 Å². The molecule has 2 atom stereocenters. The smallest absolute Gasteiger partial charge is 0.463 e. The molecule has 3 N–H and O–H groups in total. The predicted octanol–water partition coefficient (Wildman–Crippen LogP) is 13.6. The molecule has 0 aliphatic rings. The lowest BCUT2D eigenvalue weighted by Crippen LogP contribution is -2.27. The van der Waals surface area contributed by atoms with Gasteiger partial charge in [0.15, 0.2) is 0 Å². The number of carbonyl (C=O) groups is 2. The molecule has 334 valence electrons. The number of ether oxygens (including phenoxy) is 1. The van der Waals surface area contributed by atoms with Gasteiger partial charge < -0.3 is 20.1 Å². The van der Waals surface area contributed by atoms with Gasteiger partial charge in [-0.25, -0.2) is 4.57 Å². The number of unbranched alkanes of at least 4 members (excludes halogenated alkanes) is 33. The molecule has 10 heteroatoms. The Kier molecular flexibility index (Phi) is 42.8. The Morgan fingerprint density at radius 2 is 0.804 bits per heavy atom. The quantitative estimate of drug-likeness (QED) is 0.0314. The summed E-state index contributed by atoms with van der Waals surface area (Å²) in [5.74, 6) is -0.502. The van der Waals surface area contributed by atoms with E-state index in [9.17, 15) is 24.2 Å². The second-order valence-electron chi connectivity index (χ2n) is 16.5. The highest BCUT2D eigenvalue weighted by molar-refractivity contribution is 7.47. The van der Waals surface area contributed by atoms with E-state index in [1.54, 1.807) is 0 Å². The Morgan fingerprint density at radius 1 is 0.482 bits per heavy atom. The summed E-state index contributed by atoms with van der Waals surface area (Å²) in [6.07, 6.45) is 44.7. The van der Waals surface area contributed by atoms with Crippen molar-refractivity contribution in [3.05, 3.63) is 0 Å². The van der Waals surface area contributed by atoms with Gasteiger partial charge in [-0.2, -0.15) is 0 Å². The molecule has 0 spiro atoms. The third kappa shape index (κ3) is 44.1. The maximum atomic E-state index is 12.1. The van der Waals surface area contributed by atoms with Gasteiger partial charge in [0, 0.05) is 19.4 Å². The zero-order valence-electron chi connectivity index (χ0n) is 36.9. The van der Waals surface area contributed by atoms with Gasteiger partial charge in [-0.05, 0) is 12.8 Å². The summed E-state index contributed by atoms with van der Waals surface area (Å²) in [6.45, 7) is 3.60. The Bertz CT molecular complexity index is 891. The Labute approximate surface area is 346 Å². The number of aliphatic hydroxyl groups excluding tert-OH is 1. The summed E-state index contributed by atoms with van der Waals surface area (Å²) < 4.78 is 26.9. The number of phosphoric ester groups is 1. The molecule has 0 radical (unpaired) electrons. The molecule has 0 fully saturated rings. The fourth-order valence-corrected chi connectivity index (χ4v) is 7.91. The first kappa shape index (κ1) is 55.0. The van der Waals surface area contributed by atoms with Crippen molar-refractivity contribution in [2.24, 2.45) is 0 Å². The SMILES string of the molecule is CCCCCCCCCCCCCCCCCCCCCCCCCC(=O)OCC(O)COP(=O)(O)OCCNC(=O)CCCCCCCCCCCCCC. The second-order valence-corrected chi connectivity index (χ2v) is 17.9. The molecular formula is C46H92NO8P. The first-order valence-corrected chi connectivity index (χ1v) is 25.5. The van der Waals surface area contributed by atoms with Gasteiger partial charge in [-0.3, -0.25) is 18.6 Å². The van der Waals surface area contributed by atoms with E-state index >= 15 is 0 Å². The van der Waals surface area contributed by atoms with Crippen LogP contribution in [0.5, 0.6) is 0 Å². The third-order valence-electron chi connectivity index (χ3n) is 10.8. The largest absolute Gasteiger partial charge is 0.472 e. The van der Waals surface area contributed by atoms with Crippen LogP contribution in [0.15, 0.2) is 0 Å². The summed E-state index contributed by atoms with van der Waals surface area (Å²) in [4.78, 5) is 33.9. The monoisotopic (exact) mass is 818 g/mol. The van der Waals surface area contributed by atoms with Crippen LogP contribution in [0.4, 0.5) is 0 Å². The topological polar surface area (TPSA) is 131 Å². The van der Waals surface area contributed by atoms with Crippen molar-refractivity contribution in [1.29, 1.82) is 0 Å². The minimum Gasteiger partial charge on any atom is -0.463 e. The van der Waals surface area contributed by atoms with Gasteiger partial charge >= 0.3 is 13.8 Å². The number of hydrogen-bond acceptors (Lipinski definition) is 7. The summed E-state index contributed by atoms with van der Waals surface area (Å²) in [6, 6.07) is 0. The molecule has 0 rings (SSSR count). The standard InChI is InChI=1S/C46H92NO8P/c1-3-5-7-9-11-13-15-17-18-19-20-21-22-23-24-25-26-27-29-31-33-35-37-39-46(50)53-42-44(48)43-55-56(51,52)54-41-40-47-45(49)38-36-34-32-30-28-16-14-12-10-8-6-4-2/h44,48H,3-43H2,1-2H3,(H,47,49)(H,51,52). The summed E-state index contributed by atoms with van der Waals surface area (Å²) in [7, 11) is -4.41. The van der Waals surface area contributed by atoms with Crippen molar-refractivity contribution in [2.45, 2.75) is 258 Å². The molecule has 2 unspecified atom stereocenters. The number of rotatable bonds is 46. The van der Waals surface area contributed by atoms with Gasteiger partial charge in [-0.15, -0.1) is 0 Å². The van der Waals surface area contributed by atoms with E-state index in [0.29, 0.717) is 12.8 Å². The molecular weight excluding hydrogens is 725 g/mol. The van der Waals surface area contributed by atoms with E-state index in [-0.39, 0.29) is 25.7 Å². The van der Waals surface area contributed by atoms with Crippen molar-refractivity contribution < 1.29 is 37.9 Å². The van der Waals surface area contributed by atoms with Gasteiger partial charge in [0.05, 0.1) is 13.2 Å². The minimum atomic E-state index is -4.41. The van der Waals surface area contributed by atoms with Crippen LogP contribution in [-0.4, -0.2) is 54.3 Å². The average Bonchev–Trinajstić information content (AvgIpc) is 3.18. The van der Waals surface area contributed by atoms with E-state index in [0.717, 1.165) is 38.5 Å². The summed E-state index contributed by atoms with van der Waals surface area (Å²) >= 11 is 0. The highest BCUT2D eigenvalue weighted by Crippen LogP contribution is 2.42. The van der Waals surface area contributed by atoms with Crippen molar-refractivity contribution in [3.8, 4) is 0 Å². The van der Waals surface area contributed by atoms with Crippen LogP contribution in [0.3, 0.4) is 0 Å². The Hall–Kier alpha value is -0.990. The van der Waals surface area contributed by atoms with Gasteiger partial charge in [0.2, 0.25) is 5.91 Å². The van der Waals surface area contributed by atoms with Crippen molar-refractivity contribution in [3.63, 3.8) is 0 Å². The van der Waals surface area contributed by atoms with Crippen molar-refractivity contribution in [1.82, 2.24) is 5.32 Å². The maximum absolute atomic E-state index is 12.1. The van der Waals surface area contributed by atoms with Crippen molar-refractivity contribution >= 4 is 19.7 Å². The zero-order chi connectivity index (χ0) is 41.1. The lowest BCUT2D eigenvalue weighted by molar-refractivity contribution is -0.147.